The Balaban J connectivity index is 2.39. The number of aromatic nitrogens is 2. The summed E-state index contributed by atoms with van der Waals surface area (Å²) in [5, 5.41) is 3.42. The first-order chi connectivity index (χ1) is 8.38. The van der Waals surface area contributed by atoms with Crippen LogP contribution in [0, 0.1) is 6.92 Å². The van der Waals surface area contributed by atoms with E-state index in [-0.39, 0.29) is 15.9 Å². The first-order valence-electron chi connectivity index (χ1n) is 4.66. The summed E-state index contributed by atoms with van der Waals surface area (Å²) in [5.74, 6) is 0.578. The molecule has 2 aromatic rings. The minimum absolute atomic E-state index is 0.0866. The lowest BCUT2D eigenvalue weighted by Crippen LogP contribution is -2.14. The summed E-state index contributed by atoms with van der Waals surface area (Å²) in [6.07, 6.45) is 1.40. The quantitative estimate of drug-likeness (QED) is 0.858. The minimum Gasteiger partial charge on any atom is -0.360 e. The average Bonchev–Trinajstić information content (AvgIpc) is 2.66. The third-order valence-electron chi connectivity index (χ3n) is 1.93. The van der Waals surface area contributed by atoms with Crippen LogP contribution in [-0.4, -0.2) is 18.6 Å². The number of sulfonamides is 1. The van der Waals surface area contributed by atoms with E-state index in [1.54, 1.807) is 6.92 Å². The van der Waals surface area contributed by atoms with Gasteiger partial charge in [-0.3, -0.25) is 4.72 Å². The van der Waals surface area contributed by atoms with Crippen molar-refractivity contribution in [2.75, 3.05) is 4.72 Å². The lowest BCUT2D eigenvalue weighted by atomic mass is 10.5. The molecule has 0 saturated heterocycles. The summed E-state index contributed by atoms with van der Waals surface area (Å²) >= 11 is 8.89. The number of halogens is 2. The number of nitrogens with one attached hydrogen (secondary N) is 1. The van der Waals surface area contributed by atoms with Crippen molar-refractivity contribution in [2.24, 2.45) is 0 Å². The molecule has 0 bridgehead atoms. The lowest BCUT2D eigenvalue weighted by molar-refractivity contribution is 0.400. The number of hydrogen-bond acceptors (Lipinski definition) is 5. The minimum atomic E-state index is -3.85. The second kappa shape index (κ2) is 4.87. The first kappa shape index (κ1) is 13.3. The number of hydrogen-bond donors (Lipinski definition) is 1. The summed E-state index contributed by atoms with van der Waals surface area (Å²) in [7, 11) is -3.85. The van der Waals surface area contributed by atoms with Gasteiger partial charge >= 0.3 is 0 Å². The Labute approximate surface area is 117 Å². The molecule has 0 radical (unpaired) electrons. The highest BCUT2D eigenvalue weighted by atomic mass is 79.9. The third-order valence-corrected chi connectivity index (χ3v) is 4.14. The normalized spacial score (nSPS) is 11.5. The van der Waals surface area contributed by atoms with Crippen molar-refractivity contribution >= 4 is 43.4 Å². The summed E-state index contributed by atoms with van der Waals surface area (Å²) in [4.78, 5) is 3.61. The Hall–Kier alpha value is -1.12. The maximum atomic E-state index is 12.0. The predicted molar refractivity (Wildman–Crippen MR) is 69.0 cm³/mol. The highest BCUT2D eigenvalue weighted by Crippen LogP contribution is 2.24. The fourth-order valence-electron chi connectivity index (χ4n) is 1.20. The SMILES string of the molecule is Cc1cc(NS(=O)(=O)c2cc(Br)cnc2Cl)no1. The molecule has 0 fully saturated rings. The number of anilines is 1. The van der Waals surface area contributed by atoms with Gasteiger partial charge in [-0.2, -0.15) is 0 Å². The molecule has 0 aliphatic rings. The molecule has 2 aromatic heterocycles. The molecule has 0 amide bonds. The van der Waals surface area contributed by atoms with E-state index in [9.17, 15) is 8.42 Å². The summed E-state index contributed by atoms with van der Waals surface area (Å²) in [6, 6.07) is 2.81. The molecule has 0 aliphatic heterocycles. The fraction of sp³-hybridized carbons (Fsp3) is 0.111. The maximum Gasteiger partial charge on any atom is 0.266 e. The van der Waals surface area contributed by atoms with Gasteiger partial charge in [-0.05, 0) is 28.9 Å². The van der Waals surface area contributed by atoms with E-state index < -0.39 is 10.0 Å². The Morgan fingerprint density at radius 3 is 2.78 bits per heavy atom. The maximum absolute atomic E-state index is 12.0. The van der Waals surface area contributed by atoms with E-state index in [2.05, 4.69) is 30.8 Å². The number of aryl methyl sites for hydroxylation is 1. The van der Waals surface area contributed by atoms with Crippen molar-refractivity contribution in [1.29, 1.82) is 0 Å². The topological polar surface area (TPSA) is 85.1 Å². The Kier molecular flexibility index (Phi) is 3.60. The zero-order chi connectivity index (χ0) is 13.3. The molecule has 9 heteroatoms. The van der Waals surface area contributed by atoms with Gasteiger partial charge in [0.05, 0.1) is 0 Å². The average molecular weight is 353 g/mol. The van der Waals surface area contributed by atoms with Crippen LogP contribution in [-0.2, 0) is 10.0 Å². The fourth-order valence-corrected chi connectivity index (χ4v) is 3.13. The van der Waals surface area contributed by atoms with E-state index in [4.69, 9.17) is 16.1 Å². The van der Waals surface area contributed by atoms with Gasteiger partial charge < -0.3 is 4.52 Å². The molecule has 0 saturated carbocycles. The monoisotopic (exact) mass is 351 g/mol. The van der Waals surface area contributed by atoms with Gasteiger partial charge in [0.15, 0.2) is 5.82 Å². The van der Waals surface area contributed by atoms with Crippen LogP contribution < -0.4 is 4.72 Å². The Bertz CT molecular complexity index is 686. The molecule has 2 heterocycles. The van der Waals surface area contributed by atoms with Gasteiger partial charge in [-0.15, -0.1) is 0 Å². The van der Waals surface area contributed by atoms with Crippen molar-refractivity contribution in [3.05, 3.63) is 33.7 Å². The number of rotatable bonds is 3. The molecule has 0 unspecified atom stereocenters. The van der Waals surface area contributed by atoms with Gasteiger partial charge in [-0.25, -0.2) is 13.4 Å². The summed E-state index contributed by atoms with van der Waals surface area (Å²) in [6.45, 7) is 1.65. The van der Waals surface area contributed by atoms with Crippen LogP contribution >= 0.6 is 27.5 Å². The molecule has 96 valence electrons. The van der Waals surface area contributed by atoms with Crippen LogP contribution in [0.15, 0.2) is 32.2 Å². The first-order valence-corrected chi connectivity index (χ1v) is 7.31. The van der Waals surface area contributed by atoms with Gasteiger partial charge in [0.25, 0.3) is 10.0 Å². The van der Waals surface area contributed by atoms with Crippen molar-refractivity contribution in [3.63, 3.8) is 0 Å². The second-order valence-electron chi connectivity index (χ2n) is 3.37. The van der Waals surface area contributed by atoms with Crippen LogP contribution in [0.5, 0.6) is 0 Å². The van der Waals surface area contributed by atoms with Gasteiger partial charge in [0, 0.05) is 16.7 Å². The second-order valence-corrected chi connectivity index (χ2v) is 6.30. The van der Waals surface area contributed by atoms with Crippen molar-refractivity contribution < 1.29 is 12.9 Å². The van der Waals surface area contributed by atoms with Crippen LogP contribution in [0.25, 0.3) is 0 Å². The number of pyridine rings is 1. The highest BCUT2D eigenvalue weighted by molar-refractivity contribution is 9.10. The zero-order valence-electron chi connectivity index (χ0n) is 9.02. The highest BCUT2D eigenvalue weighted by Gasteiger charge is 2.20. The Morgan fingerprint density at radius 2 is 2.17 bits per heavy atom. The predicted octanol–water partition coefficient (Wildman–Crippen LogP) is 2.59. The molecule has 1 N–H and O–H groups in total. The third kappa shape index (κ3) is 2.82. The molecular formula is C9H7BrClN3O3S. The zero-order valence-corrected chi connectivity index (χ0v) is 12.2. The van der Waals surface area contributed by atoms with E-state index in [1.807, 2.05) is 0 Å². The molecule has 0 aliphatic carbocycles. The van der Waals surface area contributed by atoms with Crippen molar-refractivity contribution in [2.45, 2.75) is 11.8 Å². The van der Waals surface area contributed by atoms with Crippen LogP contribution in [0.4, 0.5) is 5.82 Å². The van der Waals surface area contributed by atoms with Crippen LogP contribution in [0.1, 0.15) is 5.76 Å². The van der Waals surface area contributed by atoms with Gasteiger partial charge in [0.1, 0.15) is 15.8 Å². The standard InChI is InChI=1S/C9H7BrClN3O3S/c1-5-2-8(13-17-5)14-18(15,16)7-3-6(10)4-12-9(7)11/h2-4H,1H3,(H,13,14). The lowest BCUT2D eigenvalue weighted by Gasteiger charge is -2.06. The molecular weight excluding hydrogens is 346 g/mol. The Morgan fingerprint density at radius 1 is 1.44 bits per heavy atom. The van der Waals surface area contributed by atoms with Crippen LogP contribution in [0.3, 0.4) is 0 Å². The van der Waals surface area contributed by atoms with E-state index in [0.717, 1.165) is 0 Å². The molecule has 2 rings (SSSR count). The van der Waals surface area contributed by atoms with E-state index in [1.165, 1.54) is 18.3 Å². The molecule has 0 spiro atoms. The number of nitrogens with zero attached hydrogens (tertiary/aromatic N) is 2. The molecule has 6 nitrogen and oxygen atoms in total. The molecule has 0 aromatic carbocycles. The van der Waals surface area contributed by atoms with E-state index in [0.29, 0.717) is 10.2 Å². The van der Waals surface area contributed by atoms with Crippen molar-refractivity contribution in [3.8, 4) is 0 Å². The van der Waals surface area contributed by atoms with Crippen molar-refractivity contribution in [1.82, 2.24) is 10.1 Å². The molecule has 18 heavy (non-hydrogen) atoms. The molecule has 0 atom stereocenters. The summed E-state index contributed by atoms with van der Waals surface area (Å²) in [5.41, 5.74) is 0. The summed E-state index contributed by atoms with van der Waals surface area (Å²) < 4.78 is 31.6. The van der Waals surface area contributed by atoms with Crippen LogP contribution in [0.2, 0.25) is 5.15 Å². The van der Waals surface area contributed by atoms with Gasteiger partial charge in [0.2, 0.25) is 0 Å². The van der Waals surface area contributed by atoms with E-state index >= 15 is 0 Å². The van der Waals surface area contributed by atoms with Gasteiger partial charge in [-0.1, -0.05) is 16.8 Å². The smallest absolute Gasteiger partial charge is 0.266 e. The largest absolute Gasteiger partial charge is 0.360 e.